The molecule has 1 heterocycles. The van der Waals surface area contributed by atoms with Gasteiger partial charge in [0.15, 0.2) is 0 Å². The van der Waals surface area contributed by atoms with Gasteiger partial charge >= 0.3 is 0 Å². The summed E-state index contributed by atoms with van der Waals surface area (Å²) in [4.78, 5) is 10.5. The molecular weight excluding hydrogens is 188 g/mol. The molecule has 4 nitrogen and oxygen atoms in total. The van der Waals surface area contributed by atoms with Crippen molar-refractivity contribution in [1.82, 2.24) is 5.32 Å². The second kappa shape index (κ2) is 5.57. The van der Waals surface area contributed by atoms with E-state index in [0.717, 1.165) is 13.0 Å². The van der Waals surface area contributed by atoms with E-state index in [1.165, 1.54) is 0 Å². The van der Waals surface area contributed by atoms with Gasteiger partial charge in [-0.25, -0.2) is 0 Å². The molecule has 0 aromatic rings. The fraction of sp³-hybridized carbons (Fsp3) is 1.00. The highest BCUT2D eigenvalue weighted by Gasteiger charge is 2.35. The Kier molecular flexibility index (Phi) is 4.69. The molecule has 0 aliphatic carbocycles. The monoisotopic (exact) mass is 204 g/mol. The molecule has 1 rings (SSSR count). The quantitative estimate of drug-likeness (QED) is 0.675. The van der Waals surface area contributed by atoms with Gasteiger partial charge in [0.2, 0.25) is 0 Å². The highest BCUT2D eigenvalue weighted by molar-refractivity contribution is 8.00. The van der Waals surface area contributed by atoms with Gasteiger partial charge in [-0.2, -0.15) is 4.91 Å². The Morgan fingerprint density at radius 3 is 3.00 bits per heavy atom. The summed E-state index contributed by atoms with van der Waals surface area (Å²) in [6.07, 6.45) is 0.878. The molecule has 1 aliphatic heterocycles. The molecule has 3 atom stereocenters. The van der Waals surface area contributed by atoms with Gasteiger partial charge < -0.3 is 10.1 Å². The SMILES string of the molecule is CNCC1CC(N=O)C(COC)S1. The van der Waals surface area contributed by atoms with E-state index in [0.29, 0.717) is 11.9 Å². The van der Waals surface area contributed by atoms with Crippen LogP contribution in [0.3, 0.4) is 0 Å². The number of nitrogens with one attached hydrogen (secondary N) is 1. The largest absolute Gasteiger partial charge is 0.383 e. The maximum Gasteiger partial charge on any atom is 0.107 e. The highest BCUT2D eigenvalue weighted by Crippen LogP contribution is 2.35. The summed E-state index contributed by atoms with van der Waals surface area (Å²) in [5, 5.41) is 7.01. The lowest BCUT2D eigenvalue weighted by Crippen LogP contribution is -2.20. The molecule has 0 bridgehead atoms. The van der Waals surface area contributed by atoms with Gasteiger partial charge in [0, 0.05) is 18.9 Å². The number of hydrogen-bond donors (Lipinski definition) is 1. The summed E-state index contributed by atoms with van der Waals surface area (Å²) in [6.45, 7) is 1.57. The summed E-state index contributed by atoms with van der Waals surface area (Å²) in [7, 11) is 3.58. The van der Waals surface area contributed by atoms with Gasteiger partial charge in [-0.15, -0.1) is 11.8 Å². The minimum atomic E-state index is -0.0664. The Morgan fingerprint density at radius 1 is 1.69 bits per heavy atom. The van der Waals surface area contributed by atoms with E-state index in [1.54, 1.807) is 7.11 Å². The summed E-state index contributed by atoms with van der Waals surface area (Å²) < 4.78 is 5.04. The predicted octanol–water partition coefficient (Wildman–Crippen LogP) is 0.861. The molecule has 0 amide bonds. The van der Waals surface area contributed by atoms with Gasteiger partial charge in [0.1, 0.15) is 6.04 Å². The average Bonchev–Trinajstić information content (AvgIpc) is 2.49. The molecule has 1 fully saturated rings. The van der Waals surface area contributed by atoms with Crippen LogP contribution < -0.4 is 5.32 Å². The fourth-order valence-electron chi connectivity index (χ4n) is 1.60. The lowest BCUT2D eigenvalue weighted by molar-refractivity contribution is 0.194. The third-order valence-corrected chi connectivity index (χ3v) is 3.74. The second-order valence-electron chi connectivity index (χ2n) is 3.22. The van der Waals surface area contributed by atoms with Crippen molar-refractivity contribution in [3.8, 4) is 0 Å². The zero-order valence-electron chi connectivity index (χ0n) is 8.03. The number of thioether (sulfide) groups is 1. The van der Waals surface area contributed by atoms with Crippen LogP contribution in [-0.4, -0.2) is 43.9 Å². The van der Waals surface area contributed by atoms with Crippen molar-refractivity contribution in [3.63, 3.8) is 0 Å². The van der Waals surface area contributed by atoms with Crippen LogP contribution in [0.2, 0.25) is 0 Å². The molecule has 76 valence electrons. The van der Waals surface area contributed by atoms with Crippen LogP contribution >= 0.6 is 11.8 Å². The van der Waals surface area contributed by atoms with E-state index < -0.39 is 0 Å². The fourth-order valence-corrected chi connectivity index (χ4v) is 3.22. The number of rotatable bonds is 5. The second-order valence-corrected chi connectivity index (χ2v) is 4.76. The molecule has 5 heteroatoms. The molecular formula is C8H16N2O2S. The van der Waals surface area contributed by atoms with Crippen LogP contribution in [-0.2, 0) is 4.74 Å². The van der Waals surface area contributed by atoms with Crippen LogP contribution in [0.4, 0.5) is 0 Å². The standard InChI is InChI=1S/C8H16N2O2S/c1-9-4-6-3-7(10-11)8(13-6)5-12-2/h6-9H,3-5H2,1-2H3. The first-order valence-corrected chi connectivity index (χ1v) is 5.37. The number of nitrogens with zero attached hydrogens (tertiary/aromatic N) is 1. The van der Waals surface area contributed by atoms with Gasteiger partial charge in [-0.1, -0.05) is 5.18 Å². The van der Waals surface area contributed by atoms with Crippen molar-refractivity contribution in [2.45, 2.75) is 23.0 Å². The minimum Gasteiger partial charge on any atom is -0.383 e. The first-order valence-electron chi connectivity index (χ1n) is 4.43. The smallest absolute Gasteiger partial charge is 0.107 e. The van der Waals surface area contributed by atoms with E-state index in [9.17, 15) is 4.91 Å². The van der Waals surface area contributed by atoms with Crippen LogP contribution in [0.15, 0.2) is 5.18 Å². The lowest BCUT2D eigenvalue weighted by Gasteiger charge is -2.10. The number of nitroso groups, excluding NO2 is 1. The molecule has 1 saturated heterocycles. The van der Waals surface area contributed by atoms with Gasteiger partial charge in [0.05, 0.1) is 11.9 Å². The van der Waals surface area contributed by atoms with E-state index in [-0.39, 0.29) is 11.3 Å². The van der Waals surface area contributed by atoms with Gasteiger partial charge in [-0.3, -0.25) is 0 Å². The third-order valence-electron chi connectivity index (χ3n) is 2.20. The van der Waals surface area contributed by atoms with Crippen LogP contribution in [0.1, 0.15) is 6.42 Å². The first-order chi connectivity index (χ1) is 6.31. The molecule has 0 aromatic carbocycles. The van der Waals surface area contributed by atoms with Crippen molar-refractivity contribution in [1.29, 1.82) is 0 Å². The Morgan fingerprint density at radius 2 is 2.46 bits per heavy atom. The molecule has 0 radical (unpaired) electrons. The van der Waals surface area contributed by atoms with Crippen LogP contribution in [0, 0.1) is 4.91 Å². The van der Waals surface area contributed by atoms with Crippen molar-refractivity contribution in [2.75, 3.05) is 27.3 Å². The molecule has 13 heavy (non-hydrogen) atoms. The van der Waals surface area contributed by atoms with E-state index in [4.69, 9.17) is 4.74 Å². The minimum absolute atomic E-state index is 0.0664. The summed E-state index contributed by atoms with van der Waals surface area (Å²) in [6, 6.07) is -0.0664. The number of ether oxygens (including phenoxy) is 1. The lowest BCUT2D eigenvalue weighted by atomic mass is 10.1. The zero-order valence-corrected chi connectivity index (χ0v) is 8.84. The van der Waals surface area contributed by atoms with E-state index in [2.05, 4.69) is 10.5 Å². The molecule has 1 N–H and O–H groups in total. The number of methoxy groups -OCH3 is 1. The van der Waals surface area contributed by atoms with Crippen LogP contribution in [0.5, 0.6) is 0 Å². The topological polar surface area (TPSA) is 50.7 Å². The molecule has 1 aliphatic rings. The maximum atomic E-state index is 10.5. The molecule has 0 spiro atoms. The molecule has 0 aromatic heterocycles. The summed E-state index contributed by atoms with van der Waals surface area (Å²) >= 11 is 1.81. The zero-order chi connectivity index (χ0) is 9.68. The normalized spacial score (nSPS) is 33.5. The molecule has 0 saturated carbocycles. The Labute approximate surface area is 82.8 Å². The van der Waals surface area contributed by atoms with Crippen molar-refractivity contribution in [2.24, 2.45) is 5.18 Å². The van der Waals surface area contributed by atoms with Crippen molar-refractivity contribution < 1.29 is 4.74 Å². The first kappa shape index (κ1) is 10.9. The maximum absolute atomic E-state index is 10.5. The Bertz CT molecular complexity index is 168. The highest BCUT2D eigenvalue weighted by atomic mass is 32.2. The Balaban J connectivity index is 2.40. The summed E-state index contributed by atoms with van der Waals surface area (Å²) in [5.41, 5.74) is 0. The van der Waals surface area contributed by atoms with Gasteiger partial charge in [0.25, 0.3) is 0 Å². The third kappa shape index (κ3) is 2.93. The van der Waals surface area contributed by atoms with Gasteiger partial charge in [-0.05, 0) is 13.5 Å². The molecule has 3 unspecified atom stereocenters. The van der Waals surface area contributed by atoms with Crippen molar-refractivity contribution >= 4 is 11.8 Å². The van der Waals surface area contributed by atoms with E-state index >= 15 is 0 Å². The number of hydrogen-bond acceptors (Lipinski definition) is 5. The average molecular weight is 204 g/mol. The Hall–Kier alpha value is -0.130. The van der Waals surface area contributed by atoms with E-state index in [1.807, 2.05) is 18.8 Å². The van der Waals surface area contributed by atoms with Crippen LogP contribution in [0.25, 0.3) is 0 Å². The summed E-state index contributed by atoms with van der Waals surface area (Å²) in [5.74, 6) is 0. The van der Waals surface area contributed by atoms with Crippen molar-refractivity contribution in [3.05, 3.63) is 4.91 Å². The predicted molar refractivity (Wildman–Crippen MR) is 55.2 cm³/mol.